The molecule has 5 N–H and O–H groups in total. The van der Waals surface area contributed by atoms with E-state index in [9.17, 15) is 19.2 Å². The summed E-state index contributed by atoms with van der Waals surface area (Å²) in [5, 5.41) is 11.5. The third-order valence-electron chi connectivity index (χ3n) is 4.93. The average Bonchev–Trinajstić information content (AvgIpc) is 3.11. The van der Waals surface area contributed by atoms with Gasteiger partial charge in [-0.1, -0.05) is 32.0 Å². The van der Waals surface area contributed by atoms with E-state index < -0.39 is 35.7 Å². The number of benzene rings is 1. The number of ketones is 1. The molecule has 9 heteroatoms. The molecule has 1 aliphatic rings. The Morgan fingerprint density at radius 1 is 1.21 bits per heavy atom. The van der Waals surface area contributed by atoms with Gasteiger partial charge in [0, 0.05) is 30.2 Å². The standard InChI is InChI=1S/C20H25N5O4/c1-11(2)16(18(27)24-15-7-8-21-19(28)17(15)26)25-20(29)23-10-12-9-22-14-6-4-3-5-13(12)14/h3-6,9,11,15-16,22H,7-8,10H2,1-2H3,(H,21,28)(H,24,27)(H2,23,25,29). The number of amides is 4. The van der Waals surface area contributed by atoms with Crippen LogP contribution >= 0.6 is 0 Å². The van der Waals surface area contributed by atoms with Crippen molar-refractivity contribution >= 4 is 34.5 Å². The molecular formula is C20H25N5O4. The molecule has 29 heavy (non-hydrogen) atoms. The first kappa shape index (κ1) is 20.4. The van der Waals surface area contributed by atoms with Crippen LogP contribution in [-0.4, -0.2) is 47.2 Å². The Balaban J connectivity index is 1.57. The van der Waals surface area contributed by atoms with E-state index in [0.717, 1.165) is 16.5 Å². The fourth-order valence-electron chi connectivity index (χ4n) is 3.29. The van der Waals surface area contributed by atoms with Crippen LogP contribution in [0, 0.1) is 5.92 Å². The van der Waals surface area contributed by atoms with Crippen LogP contribution in [0.25, 0.3) is 10.9 Å². The smallest absolute Gasteiger partial charge is 0.315 e. The first-order valence-corrected chi connectivity index (χ1v) is 9.58. The van der Waals surface area contributed by atoms with Gasteiger partial charge in [-0.25, -0.2) is 4.79 Å². The first-order chi connectivity index (χ1) is 13.9. The van der Waals surface area contributed by atoms with Crippen molar-refractivity contribution in [3.05, 3.63) is 36.0 Å². The van der Waals surface area contributed by atoms with Gasteiger partial charge in [0.15, 0.2) is 0 Å². The largest absolute Gasteiger partial charge is 0.361 e. The summed E-state index contributed by atoms with van der Waals surface area (Å²) < 4.78 is 0. The molecule has 1 fully saturated rings. The molecule has 0 saturated carbocycles. The number of para-hydroxylation sites is 1. The van der Waals surface area contributed by atoms with Gasteiger partial charge in [-0.3, -0.25) is 14.4 Å². The molecule has 0 spiro atoms. The number of carbonyl (C=O) groups excluding carboxylic acids is 4. The molecule has 1 aromatic carbocycles. The van der Waals surface area contributed by atoms with Crippen LogP contribution in [0.3, 0.4) is 0 Å². The highest BCUT2D eigenvalue weighted by molar-refractivity contribution is 6.39. The molecule has 1 aromatic heterocycles. The summed E-state index contributed by atoms with van der Waals surface area (Å²) in [6.45, 7) is 4.20. The molecular weight excluding hydrogens is 374 g/mol. The summed E-state index contributed by atoms with van der Waals surface area (Å²) in [5.74, 6) is -2.07. The van der Waals surface area contributed by atoms with Crippen LogP contribution in [0.5, 0.6) is 0 Å². The highest BCUT2D eigenvalue weighted by Gasteiger charge is 2.33. The van der Waals surface area contributed by atoms with Crippen LogP contribution < -0.4 is 21.3 Å². The van der Waals surface area contributed by atoms with Crippen molar-refractivity contribution in [2.24, 2.45) is 5.92 Å². The second kappa shape index (κ2) is 8.76. The number of rotatable bonds is 6. The summed E-state index contributed by atoms with van der Waals surface area (Å²) in [4.78, 5) is 51.5. The fourth-order valence-corrected chi connectivity index (χ4v) is 3.29. The molecule has 2 aromatic rings. The number of piperidine rings is 1. The third-order valence-corrected chi connectivity index (χ3v) is 4.93. The first-order valence-electron chi connectivity index (χ1n) is 9.58. The lowest BCUT2D eigenvalue weighted by molar-refractivity contribution is -0.142. The van der Waals surface area contributed by atoms with Crippen LogP contribution in [-0.2, 0) is 20.9 Å². The van der Waals surface area contributed by atoms with Crippen molar-refractivity contribution in [3.8, 4) is 0 Å². The molecule has 2 atom stereocenters. The lowest BCUT2D eigenvalue weighted by Gasteiger charge is -2.26. The van der Waals surface area contributed by atoms with E-state index in [4.69, 9.17) is 0 Å². The maximum absolute atomic E-state index is 12.6. The van der Waals surface area contributed by atoms with E-state index in [0.29, 0.717) is 19.5 Å². The second-order valence-corrected chi connectivity index (χ2v) is 7.38. The number of carbonyl (C=O) groups is 4. The number of hydrogen-bond donors (Lipinski definition) is 5. The monoisotopic (exact) mass is 399 g/mol. The Hall–Kier alpha value is -3.36. The zero-order valence-corrected chi connectivity index (χ0v) is 16.4. The van der Waals surface area contributed by atoms with Crippen LogP contribution in [0.2, 0.25) is 0 Å². The van der Waals surface area contributed by atoms with E-state index in [2.05, 4.69) is 26.3 Å². The topological polar surface area (TPSA) is 132 Å². The van der Waals surface area contributed by atoms with Gasteiger partial charge in [0.05, 0.1) is 6.04 Å². The minimum absolute atomic E-state index is 0.207. The molecule has 2 unspecified atom stereocenters. The van der Waals surface area contributed by atoms with Crippen molar-refractivity contribution in [3.63, 3.8) is 0 Å². The van der Waals surface area contributed by atoms with E-state index in [1.54, 1.807) is 13.8 Å². The Labute approximate surface area is 168 Å². The highest BCUT2D eigenvalue weighted by atomic mass is 16.2. The molecule has 0 aliphatic carbocycles. The molecule has 154 valence electrons. The molecule has 4 amide bonds. The van der Waals surface area contributed by atoms with Gasteiger partial charge in [-0.2, -0.15) is 0 Å². The Morgan fingerprint density at radius 2 is 1.97 bits per heavy atom. The van der Waals surface area contributed by atoms with Gasteiger partial charge in [0.2, 0.25) is 11.7 Å². The average molecular weight is 399 g/mol. The van der Waals surface area contributed by atoms with Crippen molar-refractivity contribution < 1.29 is 19.2 Å². The zero-order chi connectivity index (χ0) is 21.0. The number of H-pyrrole nitrogens is 1. The lowest BCUT2D eigenvalue weighted by Crippen LogP contribution is -2.58. The Bertz CT molecular complexity index is 936. The molecule has 1 saturated heterocycles. The maximum atomic E-state index is 12.6. The summed E-state index contributed by atoms with van der Waals surface area (Å²) in [5.41, 5.74) is 1.91. The number of hydrogen-bond acceptors (Lipinski definition) is 4. The molecule has 3 rings (SSSR count). The summed E-state index contributed by atoms with van der Waals surface area (Å²) in [6, 6.07) is 5.56. The predicted molar refractivity (Wildman–Crippen MR) is 107 cm³/mol. The number of urea groups is 1. The summed E-state index contributed by atoms with van der Waals surface area (Å²) >= 11 is 0. The molecule has 1 aliphatic heterocycles. The molecule has 0 radical (unpaired) electrons. The normalized spacial score (nSPS) is 17.7. The Morgan fingerprint density at radius 3 is 2.72 bits per heavy atom. The van der Waals surface area contributed by atoms with Gasteiger partial charge in [-0.05, 0) is 24.0 Å². The number of fused-ring (bicyclic) bond motifs is 1. The van der Waals surface area contributed by atoms with E-state index in [-0.39, 0.29) is 5.92 Å². The SMILES string of the molecule is CC(C)C(NC(=O)NCc1c[nH]c2ccccc12)C(=O)NC1CCNC(=O)C1=O. The lowest BCUT2D eigenvalue weighted by atomic mass is 10.0. The van der Waals surface area contributed by atoms with E-state index in [1.807, 2.05) is 30.5 Å². The second-order valence-electron chi connectivity index (χ2n) is 7.38. The molecule has 0 bridgehead atoms. The minimum atomic E-state index is -0.867. The van der Waals surface area contributed by atoms with Gasteiger partial charge >= 0.3 is 6.03 Å². The van der Waals surface area contributed by atoms with Gasteiger partial charge in [0.1, 0.15) is 6.04 Å². The fraction of sp³-hybridized carbons (Fsp3) is 0.400. The third kappa shape index (κ3) is 4.74. The van der Waals surface area contributed by atoms with Crippen molar-refractivity contribution in [1.82, 2.24) is 26.3 Å². The van der Waals surface area contributed by atoms with Crippen molar-refractivity contribution in [2.75, 3.05) is 6.54 Å². The van der Waals surface area contributed by atoms with E-state index in [1.165, 1.54) is 0 Å². The van der Waals surface area contributed by atoms with Gasteiger partial charge in [0.25, 0.3) is 5.91 Å². The van der Waals surface area contributed by atoms with Crippen LogP contribution in [0.15, 0.2) is 30.5 Å². The summed E-state index contributed by atoms with van der Waals surface area (Å²) in [6.07, 6.45) is 2.16. The van der Waals surface area contributed by atoms with Crippen molar-refractivity contribution in [1.29, 1.82) is 0 Å². The van der Waals surface area contributed by atoms with Crippen LogP contribution in [0.4, 0.5) is 4.79 Å². The molecule has 9 nitrogen and oxygen atoms in total. The van der Waals surface area contributed by atoms with Gasteiger partial charge in [-0.15, -0.1) is 0 Å². The zero-order valence-electron chi connectivity index (χ0n) is 16.4. The summed E-state index contributed by atoms with van der Waals surface area (Å²) in [7, 11) is 0. The Kier molecular flexibility index (Phi) is 6.16. The van der Waals surface area contributed by atoms with E-state index >= 15 is 0 Å². The number of aromatic nitrogens is 1. The number of Topliss-reactive ketones (excluding diaryl/α,β-unsaturated/α-hetero) is 1. The maximum Gasteiger partial charge on any atom is 0.315 e. The van der Waals surface area contributed by atoms with Crippen molar-refractivity contribution in [2.45, 2.75) is 38.9 Å². The number of aromatic amines is 1. The molecule has 2 heterocycles. The quantitative estimate of drug-likeness (QED) is 0.454. The van der Waals surface area contributed by atoms with Gasteiger partial charge < -0.3 is 26.3 Å². The highest BCUT2D eigenvalue weighted by Crippen LogP contribution is 2.17. The predicted octanol–water partition coefficient (Wildman–Crippen LogP) is 0.566. The van der Waals surface area contributed by atoms with Crippen LogP contribution in [0.1, 0.15) is 25.8 Å². The minimum Gasteiger partial charge on any atom is -0.361 e. The number of nitrogens with one attached hydrogen (secondary N) is 5.